The molecule has 4 atom stereocenters. The molecule has 2 unspecified atom stereocenters. The van der Waals surface area contributed by atoms with Crippen LogP contribution in [0.25, 0.3) is 0 Å². The number of likely N-dealkylation sites (tertiary alicyclic amines) is 1. The van der Waals surface area contributed by atoms with Crippen LogP contribution < -0.4 is 0 Å². The average molecular weight is 403 g/mol. The summed E-state index contributed by atoms with van der Waals surface area (Å²) in [7, 11) is 0. The van der Waals surface area contributed by atoms with Crippen molar-refractivity contribution >= 4 is 47.1 Å². The van der Waals surface area contributed by atoms with Gasteiger partial charge in [-0.05, 0) is 34.1 Å². The Kier molecular flexibility index (Phi) is 4.80. The molecule has 3 heterocycles. The topological polar surface area (TPSA) is 84.0 Å². The van der Waals surface area contributed by atoms with E-state index in [2.05, 4.69) is 0 Å². The standard InChI is InChI=1S/C17H23ClN2O5S/c1-16(2,3)25-15(24)12-17(4,18)8-26-14-11(13(23)20(12)14)19-9(21)6-5-7-10(19)22/h11-12,14H,5-8H2,1-4H3/t11?,12?,14-,17-/m1/s1. The highest BCUT2D eigenvalue weighted by molar-refractivity contribution is 8.00. The number of carbonyl (C=O) groups is 4. The Bertz CT molecular complexity index is 659. The number of fused-ring (bicyclic) bond motifs is 1. The van der Waals surface area contributed by atoms with Gasteiger partial charge in [0, 0.05) is 18.6 Å². The fourth-order valence-corrected chi connectivity index (χ4v) is 5.41. The third kappa shape index (κ3) is 3.22. The van der Waals surface area contributed by atoms with Gasteiger partial charge in [0.2, 0.25) is 11.8 Å². The SMILES string of the molecule is CC(C)(C)OC(=O)C1N2C(=O)C(N3C(=O)CCCC3=O)[C@H]2SC[C@@]1(C)Cl. The summed E-state index contributed by atoms with van der Waals surface area (Å²) in [6, 6.07) is -1.80. The van der Waals surface area contributed by atoms with Crippen molar-refractivity contribution in [3.63, 3.8) is 0 Å². The van der Waals surface area contributed by atoms with Crippen LogP contribution in [0.15, 0.2) is 0 Å². The summed E-state index contributed by atoms with van der Waals surface area (Å²) in [5, 5.41) is -0.460. The Hall–Kier alpha value is -1.28. The van der Waals surface area contributed by atoms with E-state index in [9.17, 15) is 19.2 Å². The van der Waals surface area contributed by atoms with E-state index < -0.39 is 39.8 Å². The largest absolute Gasteiger partial charge is 0.458 e. The number of piperidine rings is 1. The molecule has 9 heteroatoms. The Morgan fingerprint density at radius 1 is 1.23 bits per heavy atom. The van der Waals surface area contributed by atoms with Crippen molar-refractivity contribution in [3.8, 4) is 0 Å². The summed E-state index contributed by atoms with van der Waals surface area (Å²) < 4.78 is 5.46. The lowest BCUT2D eigenvalue weighted by atomic mass is 9.92. The molecule has 0 saturated carbocycles. The predicted molar refractivity (Wildman–Crippen MR) is 96.5 cm³/mol. The second kappa shape index (κ2) is 6.41. The molecule has 0 aromatic rings. The van der Waals surface area contributed by atoms with E-state index in [0.29, 0.717) is 12.2 Å². The molecule has 0 spiro atoms. The van der Waals surface area contributed by atoms with E-state index in [0.717, 1.165) is 4.90 Å². The Morgan fingerprint density at radius 2 is 1.81 bits per heavy atom. The number of thioether (sulfide) groups is 1. The number of alkyl halides is 1. The fourth-order valence-electron chi connectivity index (χ4n) is 3.57. The molecule has 0 N–H and O–H groups in total. The van der Waals surface area contributed by atoms with Crippen LogP contribution in [0.3, 0.4) is 0 Å². The van der Waals surface area contributed by atoms with Crippen molar-refractivity contribution in [2.24, 2.45) is 0 Å². The minimum absolute atomic E-state index is 0.260. The first-order chi connectivity index (χ1) is 11.9. The highest BCUT2D eigenvalue weighted by atomic mass is 35.5. The van der Waals surface area contributed by atoms with Crippen molar-refractivity contribution in [2.75, 3.05) is 5.75 Å². The number of imide groups is 1. The van der Waals surface area contributed by atoms with E-state index in [4.69, 9.17) is 16.3 Å². The van der Waals surface area contributed by atoms with Gasteiger partial charge in [-0.25, -0.2) is 4.79 Å². The van der Waals surface area contributed by atoms with Crippen LogP contribution in [0.1, 0.15) is 47.0 Å². The third-order valence-corrected chi connectivity index (χ3v) is 6.75. The lowest BCUT2D eigenvalue weighted by Crippen LogP contribution is -2.79. The second-order valence-electron chi connectivity index (χ2n) is 8.12. The predicted octanol–water partition coefficient (Wildman–Crippen LogP) is 1.52. The normalized spacial score (nSPS) is 35.1. The molecule has 144 valence electrons. The molecule has 3 aliphatic rings. The quantitative estimate of drug-likeness (QED) is 0.301. The summed E-state index contributed by atoms with van der Waals surface area (Å²) in [4.78, 5) is 51.5. The zero-order chi connectivity index (χ0) is 19.4. The van der Waals surface area contributed by atoms with Crippen LogP contribution >= 0.6 is 23.4 Å². The lowest BCUT2D eigenvalue weighted by Gasteiger charge is -2.58. The van der Waals surface area contributed by atoms with E-state index >= 15 is 0 Å². The first-order valence-corrected chi connectivity index (χ1v) is 10.1. The van der Waals surface area contributed by atoms with Crippen molar-refractivity contribution in [3.05, 3.63) is 0 Å². The van der Waals surface area contributed by atoms with Crippen LogP contribution in [0, 0.1) is 0 Å². The van der Waals surface area contributed by atoms with Gasteiger partial charge in [-0.2, -0.15) is 0 Å². The molecule has 7 nitrogen and oxygen atoms in total. The number of esters is 1. The second-order valence-corrected chi connectivity index (χ2v) is 10.1. The number of β-lactam (4-membered cyclic amide) rings is 1. The molecule has 0 aromatic carbocycles. The van der Waals surface area contributed by atoms with Crippen molar-refractivity contribution in [2.45, 2.75) is 74.9 Å². The molecule has 0 radical (unpaired) electrons. The van der Waals surface area contributed by atoms with Crippen molar-refractivity contribution in [1.29, 1.82) is 0 Å². The minimum atomic E-state index is -0.986. The van der Waals surface area contributed by atoms with Gasteiger partial charge in [0.1, 0.15) is 17.0 Å². The first kappa shape index (κ1) is 19.5. The van der Waals surface area contributed by atoms with E-state index in [1.807, 2.05) is 0 Å². The highest BCUT2D eigenvalue weighted by Gasteiger charge is 2.64. The molecule has 26 heavy (non-hydrogen) atoms. The Labute approximate surface area is 161 Å². The van der Waals surface area contributed by atoms with Crippen molar-refractivity contribution in [1.82, 2.24) is 9.80 Å². The maximum atomic E-state index is 12.9. The van der Waals surface area contributed by atoms with E-state index in [1.54, 1.807) is 27.7 Å². The summed E-state index contributed by atoms with van der Waals surface area (Å²) >= 11 is 7.94. The van der Waals surface area contributed by atoms with E-state index in [1.165, 1.54) is 16.7 Å². The zero-order valence-electron chi connectivity index (χ0n) is 15.3. The number of amides is 3. The van der Waals surface area contributed by atoms with Crippen LogP contribution in [0.2, 0.25) is 0 Å². The van der Waals surface area contributed by atoms with Crippen LogP contribution in [0.5, 0.6) is 0 Å². The van der Waals surface area contributed by atoms with Gasteiger partial charge >= 0.3 is 5.97 Å². The average Bonchev–Trinajstić information content (AvgIpc) is 2.48. The number of carbonyl (C=O) groups excluding carboxylic acids is 4. The van der Waals surface area contributed by atoms with Gasteiger partial charge in [-0.3, -0.25) is 19.3 Å². The molecule has 0 aromatic heterocycles. The zero-order valence-corrected chi connectivity index (χ0v) is 16.9. The monoisotopic (exact) mass is 402 g/mol. The smallest absolute Gasteiger partial charge is 0.331 e. The lowest BCUT2D eigenvalue weighted by molar-refractivity contribution is -0.181. The molecule has 3 rings (SSSR count). The maximum absolute atomic E-state index is 12.9. The highest BCUT2D eigenvalue weighted by Crippen LogP contribution is 2.47. The summed E-state index contributed by atoms with van der Waals surface area (Å²) in [5.74, 6) is -1.24. The van der Waals surface area contributed by atoms with Gasteiger partial charge in [-0.1, -0.05) is 0 Å². The Balaban J connectivity index is 1.86. The number of ether oxygens (including phenoxy) is 1. The third-order valence-electron chi connectivity index (χ3n) is 4.66. The molecule has 0 aliphatic carbocycles. The van der Waals surface area contributed by atoms with Gasteiger partial charge in [0.25, 0.3) is 5.91 Å². The molecule has 3 fully saturated rings. The molecule has 3 aliphatic heterocycles. The molecular weight excluding hydrogens is 380 g/mol. The van der Waals surface area contributed by atoms with Crippen LogP contribution in [0.4, 0.5) is 0 Å². The number of hydrogen-bond donors (Lipinski definition) is 0. The number of halogens is 1. The number of nitrogens with zero attached hydrogens (tertiary/aromatic N) is 2. The van der Waals surface area contributed by atoms with Gasteiger partial charge in [0.05, 0.1) is 4.87 Å². The number of hydrogen-bond acceptors (Lipinski definition) is 6. The number of rotatable bonds is 2. The summed E-state index contributed by atoms with van der Waals surface area (Å²) in [6.45, 7) is 6.94. The van der Waals surface area contributed by atoms with Gasteiger partial charge < -0.3 is 9.64 Å². The summed E-state index contributed by atoms with van der Waals surface area (Å²) in [6.07, 6.45) is 1.03. The Morgan fingerprint density at radius 3 is 2.35 bits per heavy atom. The molecule has 3 saturated heterocycles. The van der Waals surface area contributed by atoms with Gasteiger partial charge in [-0.15, -0.1) is 23.4 Å². The first-order valence-electron chi connectivity index (χ1n) is 8.64. The molecule has 0 bridgehead atoms. The fraction of sp³-hybridized carbons (Fsp3) is 0.765. The maximum Gasteiger partial charge on any atom is 0.331 e. The van der Waals surface area contributed by atoms with E-state index in [-0.39, 0.29) is 24.7 Å². The minimum Gasteiger partial charge on any atom is -0.458 e. The van der Waals surface area contributed by atoms with Crippen LogP contribution in [-0.2, 0) is 23.9 Å². The van der Waals surface area contributed by atoms with Crippen molar-refractivity contribution < 1.29 is 23.9 Å². The molecular formula is C17H23ClN2O5S. The molecule has 3 amide bonds. The summed E-state index contributed by atoms with van der Waals surface area (Å²) in [5.41, 5.74) is -0.712. The van der Waals surface area contributed by atoms with Gasteiger partial charge in [0.15, 0.2) is 6.04 Å². The van der Waals surface area contributed by atoms with Crippen LogP contribution in [-0.4, -0.2) is 67.2 Å².